The Morgan fingerprint density at radius 2 is 1.72 bits per heavy atom. The zero-order chi connectivity index (χ0) is 22.5. The Morgan fingerprint density at radius 3 is 2.38 bits per heavy atom. The predicted octanol–water partition coefficient (Wildman–Crippen LogP) is 2.81. The summed E-state index contributed by atoms with van der Waals surface area (Å²) in [6, 6.07) is 18.4. The van der Waals surface area contributed by atoms with Gasteiger partial charge in [0.25, 0.3) is 0 Å². The highest BCUT2D eigenvalue weighted by Gasteiger charge is 2.20. The predicted molar refractivity (Wildman–Crippen MR) is 123 cm³/mol. The lowest BCUT2D eigenvalue weighted by molar-refractivity contribution is -0.134. The number of ether oxygens (including phenoxy) is 2. The van der Waals surface area contributed by atoms with Gasteiger partial charge in [0.15, 0.2) is 0 Å². The van der Waals surface area contributed by atoms with E-state index in [9.17, 15) is 4.79 Å². The highest BCUT2D eigenvalue weighted by Crippen LogP contribution is 2.30. The molecule has 2 aromatic carbocycles. The first kappa shape index (κ1) is 21.3. The number of amides is 1. The molecule has 2 heterocycles. The van der Waals surface area contributed by atoms with Crippen LogP contribution in [0.25, 0.3) is 11.3 Å². The molecule has 1 aromatic heterocycles. The van der Waals surface area contributed by atoms with Gasteiger partial charge in [-0.3, -0.25) is 15.2 Å². The lowest BCUT2D eigenvalue weighted by Crippen LogP contribution is -2.41. The van der Waals surface area contributed by atoms with E-state index in [1.54, 1.807) is 11.0 Å². The molecule has 1 amide bonds. The van der Waals surface area contributed by atoms with Crippen molar-refractivity contribution in [3.05, 3.63) is 71.9 Å². The standard InChI is InChI=1S/C24H25N5O3/c25-20-14-17(15-21(30)29-10-12-31-13-11-29)28-23(22(20)24(26)27)16-6-8-19(9-7-16)32-18-4-2-1-3-5-18/h1-9,14H,10-13,15H2,(H2,25,28)(H3,26,27). The lowest BCUT2D eigenvalue weighted by Gasteiger charge is -2.27. The van der Waals surface area contributed by atoms with Crippen molar-refractivity contribution in [1.29, 1.82) is 5.41 Å². The molecule has 0 spiro atoms. The SMILES string of the molecule is N=C(N)c1c(N)cc(CC(=O)N2CCOCC2)nc1-c1ccc(Oc2ccccc2)cc1. The Kier molecular flexibility index (Phi) is 6.32. The van der Waals surface area contributed by atoms with Crippen molar-refractivity contribution in [1.82, 2.24) is 9.88 Å². The third-order valence-electron chi connectivity index (χ3n) is 5.18. The van der Waals surface area contributed by atoms with Gasteiger partial charge in [0, 0.05) is 24.3 Å². The van der Waals surface area contributed by atoms with Crippen molar-refractivity contribution in [2.45, 2.75) is 6.42 Å². The minimum absolute atomic E-state index is 0.0339. The number of rotatable bonds is 6. The van der Waals surface area contributed by atoms with Gasteiger partial charge in [-0.25, -0.2) is 0 Å². The molecule has 1 saturated heterocycles. The van der Waals surface area contributed by atoms with Crippen LogP contribution in [-0.2, 0) is 16.0 Å². The highest BCUT2D eigenvalue weighted by atomic mass is 16.5. The van der Waals surface area contributed by atoms with E-state index < -0.39 is 0 Å². The molecule has 0 aliphatic carbocycles. The number of benzene rings is 2. The maximum absolute atomic E-state index is 12.7. The van der Waals surface area contributed by atoms with Gasteiger partial charge in [-0.15, -0.1) is 0 Å². The third-order valence-corrected chi connectivity index (χ3v) is 5.18. The van der Waals surface area contributed by atoms with Crippen LogP contribution in [0.4, 0.5) is 5.69 Å². The summed E-state index contributed by atoms with van der Waals surface area (Å²) in [7, 11) is 0. The van der Waals surface area contributed by atoms with Crippen molar-refractivity contribution in [2.75, 3.05) is 32.0 Å². The van der Waals surface area contributed by atoms with Crippen LogP contribution in [0.1, 0.15) is 11.3 Å². The second-order valence-electron chi connectivity index (χ2n) is 7.45. The second-order valence-corrected chi connectivity index (χ2v) is 7.45. The zero-order valence-corrected chi connectivity index (χ0v) is 17.6. The Labute approximate surface area is 186 Å². The third kappa shape index (κ3) is 4.87. The van der Waals surface area contributed by atoms with E-state index in [0.717, 1.165) is 11.3 Å². The number of anilines is 1. The molecular weight excluding hydrogens is 406 g/mol. The Morgan fingerprint density at radius 1 is 1.06 bits per heavy atom. The van der Waals surface area contributed by atoms with Gasteiger partial charge in [0.2, 0.25) is 5.91 Å². The number of pyridine rings is 1. The molecule has 0 atom stereocenters. The van der Waals surface area contributed by atoms with Gasteiger partial charge in [-0.1, -0.05) is 18.2 Å². The van der Waals surface area contributed by atoms with Gasteiger partial charge in [0.1, 0.15) is 17.3 Å². The van der Waals surface area contributed by atoms with Crippen LogP contribution in [0.3, 0.4) is 0 Å². The Hall–Kier alpha value is -3.91. The number of carbonyl (C=O) groups excluding carboxylic acids is 1. The summed E-state index contributed by atoms with van der Waals surface area (Å²) in [5.74, 6) is 1.18. The minimum Gasteiger partial charge on any atom is -0.457 e. The fourth-order valence-corrected chi connectivity index (χ4v) is 3.59. The van der Waals surface area contributed by atoms with E-state index in [0.29, 0.717) is 54.7 Å². The summed E-state index contributed by atoms with van der Waals surface area (Å²) < 4.78 is 11.1. The summed E-state index contributed by atoms with van der Waals surface area (Å²) in [4.78, 5) is 19.1. The van der Waals surface area contributed by atoms with Crippen molar-refractivity contribution < 1.29 is 14.3 Å². The number of nitrogens with zero attached hydrogens (tertiary/aromatic N) is 2. The van der Waals surface area contributed by atoms with Crippen molar-refractivity contribution in [3.8, 4) is 22.8 Å². The molecule has 8 nitrogen and oxygen atoms in total. The quantitative estimate of drug-likeness (QED) is 0.407. The number of hydrogen-bond donors (Lipinski definition) is 3. The zero-order valence-electron chi connectivity index (χ0n) is 17.6. The molecule has 3 aromatic rings. The summed E-state index contributed by atoms with van der Waals surface area (Å²) in [5, 5.41) is 7.97. The summed E-state index contributed by atoms with van der Waals surface area (Å²) in [6.07, 6.45) is 0.116. The van der Waals surface area contributed by atoms with Gasteiger partial charge in [-0.05, 0) is 42.5 Å². The fraction of sp³-hybridized carbons (Fsp3) is 0.208. The van der Waals surface area contributed by atoms with E-state index in [1.165, 1.54) is 0 Å². The molecule has 164 valence electrons. The first-order chi connectivity index (χ1) is 15.5. The number of carbonyl (C=O) groups is 1. The number of hydrogen-bond acceptors (Lipinski definition) is 6. The number of nitrogens with one attached hydrogen (secondary N) is 1. The van der Waals surface area contributed by atoms with Gasteiger partial charge in [-0.2, -0.15) is 0 Å². The monoisotopic (exact) mass is 431 g/mol. The number of morpholine rings is 1. The van der Waals surface area contributed by atoms with Crippen LogP contribution in [0.2, 0.25) is 0 Å². The van der Waals surface area contributed by atoms with Crippen LogP contribution in [0.15, 0.2) is 60.7 Å². The van der Waals surface area contributed by atoms with Gasteiger partial charge < -0.3 is 25.8 Å². The molecule has 1 aliphatic heterocycles. The van der Waals surface area contributed by atoms with Crippen LogP contribution >= 0.6 is 0 Å². The van der Waals surface area contributed by atoms with Crippen LogP contribution < -0.4 is 16.2 Å². The number of nitrogen functional groups attached to an aromatic ring is 2. The maximum atomic E-state index is 12.7. The van der Waals surface area contributed by atoms with Crippen LogP contribution in [0, 0.1) is 5.41 Å². The molecule has 5 N–H and O–H groups in total. The van der Waals surface area contributed by atoms with E-state index in [-0.39, 0.29) is 18.2 Å². The highest BCUT2D eigenvalue weighted by molar-refractivity contribution is 6.05. The molecular formula is C24H25N5O3. The number of para-hydroxylation sites is 1. The fourth-order valence-electron chi connectivity index (χ4n) is 3.59. The molecule has 4 rings (SSSR count). The summed E-state index contributed by atoms with van der Waals surface area (Å²) in [5.41, 5.74) is 14.4. The molecule has 0 unspecified atom stereocenters. The second kappa shape index (κ2) is 9.49. The molecule has 1 aliphatic rings. The van der Waals surface area contributed by atoms with E-state index in [4.69, 9.17) is 26.4 Å². The molecule has 8 heteroatoms. The number of amidine groups is 1. The smallest absolute Gasteiger partial charge is 0.228 e. The van der Waals surface area contributed by atoms with Crippen molar-refractivity contribution >= 4 is 17.4 Å². The van der Waals surface area contributed by atoms with Gasteiger partial charge in [0.05, 0.1) is 36.6 Å². The lowest BCUT2D eigenvalue weighted by atomic mass is 10.0. The molecule has 0 saturated carbocycles. The summed E-state index contributed by atoms with van der Waals surface area (Å²) in [6.45, 7) is 2.20. The average Bonchev–Trinajstić information content (AvgIpc) is 2.80. The van der Waals surface area contributed by atoms with E-state index in [2.05, 4.69) is 4.98 Å². The maximum Gasteiger partial charge on any atom is 0.228 e. The average molecular weight is 431 g/mol. The molecule has 1 fully saturated rings. The first-order valence-electron chi connectivity index (χ1n) is 10.3. The number of aromatic nitrogens is 1. The number of nitrogens with two attached hydrogens (primary N) is 2. The van der Waals surface area contributed by atoms with Crippen molar-refractivity contribution in [2.24, 2.45) is 5.73 Å². The molecule has 0 radical (unpaired) electrons. The van der Waals surface area contributed by atoms with E-state index in [1.807, 2.05) is 54.6 Å². The minimum atomic E-state index is -0.180. The first-order valence-corrected chi connectivity index (χ1v) is 10.3. The Bertz CT molecular complexity index is 1110. The van der Waals surface area contributed by atoms with Crippen LogP contribution in [-0.4, -0.2) is 47.9 Å². The molecule has 32 heavy (non-hydrogen) atoms. The van der Waals surface area contributed by atoms with E-state index >= 15 is 0 Å². The van der Waals surface area contributed by atoms with Crippen molar-refractivity contribution in [3.63, 3.8) is 0 Å². The summed E-state index contributed by atoms with van der Waals surface area (Å²) >= 11 is 0. The topological polar surface area (TPSA) is 128 Å². The van der Waals surface area contributed by atoms with Gasteiger partial charge >= 0.3 is 0 Å². The van der Waals surface area contributed by atoms with Crippen LogP contribution in [0.5, 0.6) is 11.5 Å². The Balaban J connectivity index is 1.61. The normalized spacial score (nSPS) is 13.6. The largest absolute Gasteiger partial charge is 0.457 e. The molecule has 0 bridgehead atoms.